The first-order chi connectivity index (χ1) is 11.1. The Labute approximate surface area is 134 Å². The lowest BCUT2D eigenvalue weighted by molar-refractivity contribution is -0.137. The molecule has 0 bridgehead atoms. The summed E-state index contributed by atoms with van der Waals surface area (Å²) in [5, 5.41) is 9.78. The van der Waals surface area contributed by atoms with Crippen LogP contribution in [-0.4, -0.2) is 40.0 Å². The van der Waals surface area contributed by atoms with Gasteiger partial charge in [-0.2, -0.15) is 0 Å². The molecule has 1 unspecified atom stereocenters. The van der Waals surface area contributed by atoms with Crippen molar-refractivity contribution in [3.05, 3.63) is 42.1 Å². The molecule has 3 rings (SSSR count). The number of likely N-dealkylation sites (tertiary alicyclic amines) is 1. The number of carbonyl (C=O) groups excluding carboxylic acids is 1. The molecule has 1 amide bonds. The molecule has 0 aliphatic carbocycles. The van der Waals surface area contributed by atoms with Crippen molar-refractivity contribution >= 4 is 22.8 Å². The van der Waals surface area contributed by atoms with E-state index in [-0.39, 0.29) is 18.2 Å². The largest absolute Gasteiger partial charge is 0.481 e. The van der Waals surface area contributed by atoms with Crippen molar-refractivity contribution in [3.8, 4) is 0 Å². The Morgan fingerprint density at radius 2 is 2.09 bits per heavy atom. The zero-order valence-corrected chi connectivity index (χ0v) is 12.9. The highest BCUT2D eigenvalue weighted by atomic mass is 16.4. The van der Waals surface area contributed by atoms with Crippen molar-refractivity contribution in [2.45, 2.75) is 25.7 Å². The van der Waals surface area contributed by atoms with Crippen LogP contribution in [0.3, 0.4) is 0 Å². The Balaban J connectivity index is 1.77. The summed E-state index contributed by atoms with van der Waals surface area (Å²) in [5.74, 6) is -0.507. The fourth-order valence-electron chi connectivity index (χ4n) is 3.26. The molecule has 0 spiro atoms. The van der Waals surface area contributed by atoms with Crippen LogP contribution in [0.4, 0.5) is 0 Å². The van der Waals surface area contributed by atoms with Gasteiger partial charge in [0.1, 0.15) is 0 Å². The predicted octanol–water partition coefficient (Wildman–Crippen LogP) is 2.95. The van der Waals surface area contributed by atoms with Crippen LogP contribution in [0.2, 0.25) is 0 Å². The summed E-state index contributed by atoms with van der Waals surface area (Å²) in [4.78, 5) is 29.8. The maximum atomic E-state index is 12.9. The molecule has 2 heterocycles. The van der Waals surface area contributed by atoms with Gasteiger partial charge in [0.25, 0.3) is 5.91 Å². The fourth-order valence-corrected chi connectivity index (χ4v) is 3.26. The number of benzene rings is 1. The van der Waals surface area contributed by atoms with E-state index in [4.69, 9.17) is 5.11 Å². The topological polar surface area (TPSA) is 70.5 Å². The van der Waals surface area contributed by atoms with Crippen LogP contribution in [-0.2, 0) is 4.79 Å². The molecule has 1 atom stereocenters. The lowest BCUT2D eigenvalue weighted by Crippen LogP contribution is -2.40. The summed E-state index contributed by atoms with van der Waals surface area (Å²) in [6.45, 7) is 1.36. The Kier molecular flexibility index (Phi) is 4.55. The molecule has 1 saturated heterocycles. The number of carboxylic acids is 1. The lowest BCUT2D eigenvalue weighted by Gasteiger charge is -2.32. The zero-order chi connectivity index (χ0) is 16.2. The Bertz CT molecular complexity index is 724. The van der Waals surface area contributed by atoms with Crippen LogP contribution in [0.1, 0.15) is 36.0 Å². The molecule has 0 radical (unpaired) electrons. The van der Waals surface area contributed by atoms with Gasteiger partial charge < -0.3 is 10.0 Å². The third kappa shape index (κ3) is 3.50. The second-order valence-corrected chi connectivity index (χ2v) is 6.07. The number of pyridine rings is 1. The van der Waals surface area contributed by atoms with Crippen molar-refractivity contribution in [1.29, 1.82) is 0 Å². The first-order valence-corrected chi connectivity index (χ1v) is 8.00. The van der Waals surface area contributed by atoms with Gasteiger partial charge in [-0.3, -0.25) is 14.6 Å². The van der Waals surface area contributed by atoms with Crippen molar-refractivity contribution in [3.63, 3.8) is 0 Å². The Hall–Kier alpha value is -2.43. The number of nitrogens with zero attached hydrogens (tertiary/aromatic N) is 2. The minimum Gasteiger partial charge on any atom is -0.481 e. The maximum Gasteiger partial charge on any atom is 0.303 e. The molecule has 5 nitrogen and oxygen atoms in total. The molecule has 1 aliphatic rings. The summed E-state index contributed by atoms with van der Waals surface area (Å²) >= 11 is 0. The number of hydrogen-bond donors (Lipinski definition) is 1. The summed E-state index contributed by atoms with van der Waals surface area (Å²) in [7, 11) is 0. The number of rotatable bonds is 4. The highest BCUT2D eigenvalue weighted by molar-refractivity contribution is 6.05. The molecule has 5 heteroatoms. The summed E-state index contributed by atoms with van der Waals surface area (Å²) < 4.78 is 0. The SMILES string of the molecule is O=C(O)CCC1CCCN(C(=O)c2cccc3cccnc23)C1. The summed E-state index contributed by atoms with van der Waals surface area (Å²) in [6, 6.07) is 9.46. The number of hydrogen-bond acceptors (Lipinski definition) is 3. The van der Waals surface area contributed by atoms with Crippen LogP contribution >= 0.6 is 0 Å². The molecule has 1 aromatic carbocycles. The van der Waals surface area contributed by atoms with Crippen molar-refractivity contribution in [2.75, 3.05) is 13.1 Å². The van der Waals surface area contributed by atoms with Crippen LogP contribution in [0.5, 0.6) is 0 Å². The monoisotopic (exact) mass is 312 g/mol. The number of aromatic nitrogens is 1. The van der Waals surface area contributed by atoms with Crippen LogP contribution in [0.15, 0.2) is 36.5 Å². The van der Waals surface area contributed by atoms with E-state index in [9.17, 15) is 9.59 Å². The average Bonchev–Trinajstić information content (AvgIpc) is 2.59. The van der Waals surface area contributed by atoms with E-state index >= 15 is 0 Å². The Morgan fingerprint density at radius 1 is 1.26 bits per heavy atom. The third-order valence-corrected chi connectivity index (χ3v) is 4.44. The number of para-hydroxylation sites is 1. The first kappa shape index (κ1) is 15.5. The van der Waals surface area contributed by atoms with Crippen molar-refractivity contribution in [1.82, 2.24) is 9.88 Å². The summed E-state index contributed by atoms with van der Waals surface area (Å²) in [6.07, 6.45) is 4.42. The molecule has 1 aromatic heterocycles. The van der Waals surface area contributed by atoms with Gasteiger partial charge in [0.2, 0.25) is 0 Å². The Morgan fingerprint density at radius 3 is 2.91 bits per heavy atom. The second kappa shape index (κ2) is 6.77. The van der Waals surface area contributed by atoms with Crippen molar-refractivity contribution in [2.24, 2.45) is 5.92 Å². The molecular weight excluding hydrogens is 292 g/mol. The highest BCUT2D eigenvalue weighted by Crippen LogP contribution is 2.24. The number of piperidine rings is 1. The molecule has 1 fully saturated rings. The van der Waals surface area contributed by atoms with E-state index in [1.54, 1.807) is 6.20 Å². The van der Waals surface area contributed by atoms with E-state index in [2.05, 4.69) is 4.98 Å². The van der Waals surface area contributed by atoms with Gasteiger partial charge in [0.05, 0.1) is 11.1 Å². The van der Waals surface area contributed by atoms with E-state index < -0.39 is 5.97 Å². The predicted molar refractivity (Wildman–Crippen MR) is 87.2 cm³/mol. The van der Waals surface area contributed by atoms with E-state index in [1.807, 2.05) is 35.2 Å². The molecule has 1 aliphatic heterocycles. The second-order valence-electron chi connectivity index (χ2n) is 6.07. The third-order valence-electron chi connectivity index (χ3n) is 4.44. The van der Waals surface area contributed by atoms with E-state index in [0.717, 1.165) is 30.3 Å². The average molecular weight is 312 g/mol. The quantitative estimate of drug-likeness (QED) is 0.942. The smallest absolute Gasteiger partial charge is 0.303 e. The fraction of sp³-hybridized carbons (Fsp3) is 0.389. The minimum atomic E-state index is -0.772. The maximum absolute atomic E-state index is 12.9. The van der Waals surface area contributed by atoms with Gasteiger partial charge in [0.15, 0.2) is 0 Å². The number of amides is 1. The number of aliphatic carboxylic acids is 1. The minimum absolute atomic E-state index is 0.00525. The molecular formula is C18H20N2O3. The normalized spacial score (nSPS) is 18.1. The van der Waals surface area contributed by atoms with E-state index in [1.165, 1.54) is 0 Å². The van der Waals surface area contributed by atoms with Gasteiger partial charge in [-0.25, -0.2) is 0 Å². The lowest BCUT2D eigenvalue weighted by atomic mass is 9.93. The van der Waals surface area contributed by atoms with E-state index in [0.29, 0.717) is 18.5 Å². The standard InChI is InChI=1S/C18H20N2O3/c21-16(22)9-8-13-4-3-11-20(12-13)18(23)15-7-1-5-14-6-2-10-19-17(14)15/h1-2,5-7,10,13H,3-4,8-9,11-12H2,(H,21,22). The molecule has 1 N–H and O–H groups in total. The number of carbonyl (C=O) groups is 2. The van der Waals surface area contributed by atoms with Gasteiger partial charge in [-0.15, -0.1) is 0 Å². The molecule has 120 valence electrons. The van der Waals surface area contributed by atoms with Gasteiger partial charge >= 0.3 is 5.97 Å². The molecule has 0 saturated carbocycles. The van der Waals surface area contributed by atoms with Gasteiger partial charge in [-0.05, 0) is 37.3 Å². The van der Waals surface area contributed by atoms with Crippen LogP contribution < -0.4 is 0 Å². The zero-order valence-electron chi connectivity index (χ0n) is 12.9. The number of fused-ring (bicyclic) bond motifs is 1. The molecule has 23 heavy (non-hydrogen) atoms. The van der Waals surface area contributed by atoms with Gasteiger partial charge in [0, 0.05) is 31.1 Å². The molecule has 2 aromatic rings. The number of carboxylic acid groups (broad SMARTS) is 1. The van der Waals surface area contributed by atoms with Crippen molar-refractivity contribution < 1.29 is 14.7 Å². The van der Waals surface area contributed by atoms with Crippen LogP contribution in [0, 0.1) is 5.92 Å². The summed E-state index contributed by atoms with van der Waals surface area (Å²) in [5.41, 5.74) is 1.36. The highest BCUT2D eigenvalue weighted by Gasteiger charge is 2.25. The van der Waals surface area contributed by atoms with Crippen LogP contribution in [0.25, 0.3) is 10.9 Å². The first-order valence-electron chi connectivity index (χ1n) is 8.00. The van der Waals surface area contributed by atoms with Gasteiger partial charge in [-0.1, -0.05) is 18.2 Å².